The lowest BCUT2D eigenvalue weighted by molar-refractivity contribution is 0.152. The Morgan fingerprint density at radius 3 is 2.26 bits per heavy atom. The van der Waals surface area contributed by atoms with Crippen LogP contribution in [0, 0.1) is 0 Å². The van der Waals surface area contributed by atoms with Crippen LogP contribution in [-0.4, -0.2) is 63.8 Å². The van der Waals surface area contributed by atoms with Crippen molar-refractivity contribution in [2.75, 3.05) is 53.0 Å². The van der Waals surface area contributed by atoms with Crippen LogP contribution in [0.2, 0.25) is 0 Å². The number of nitrogens with zero attached hydrogens (tertiary/aromatic N) is 2. The second kappa shape index (κ2) is 16.0. The average Bonchev–Trinajstić information content (AvgIpc) is 2.41. The van der Waals surface area contributed by atoms with Gasteiger partial charge in [-0.05, 0) is 33.0 Å². The minimum atomic E-state index is 0. The minimum Gasteiger partial charge on any atom is -0.380 e. The monoisotopic (exact) mass is 386 g/mol. The van der Waals surface area contributed by atoms with Gasteiger partial charge in [-0.25, -0.2) is 0 Å². The van der Waals surface area contributed by atoms with E-state index in [2.05, 4.69) is 34.4 Å². The van der Waals surface area contributed by atoms with Crippen LogP contribution in [-0.2, 0) is 4.74 Å². The second-order valence-electron chi connectivity index (χ2n) is 4.00. The molecule has 0 unspecified atom stereocenters. The van der Waals surface area contributed by atoms with Crippen LogP contribution in [0.5, 0.6) is 0 Å². The number of aliphatic imine (C=N–C) groups is 1. The fourth-order valence-electron chi connectivity index (χ4n) is 1.66. The summed E-state index contributed by atoms with van der Waals surface area (Å²) in [5, 5.41) is 6.53. The summed E-state index contributed by atoms with van der Waals surface area (Å²) in [6, 6.07) is 0. The Bertz CT molecular complexity index is 211. The fourth-order valence-corrected chi connectivity index (χ4v) is 1.66. The number of rotatable bonds is 10. The summed E-state index contributed by atoms with van der Waals surface area (Å²) in [6.45, 7) is 13.0. The van der Waals surface area contributed by atoms with Gasteiger partial charge >= 0.3 is 0 Å². The highest BCUT2D eigenvalue weighted by molar-refractivity contribution is 14.0. The lowest BCUT2D eigenvalue weighted by Gasteiger charge is -2.18. The van der Waals surface area contributed by atoms with Gasteiger partial charge in [0.25, 0.3) is 0 Å². The summed E-state index contributed by atoms with van der Waals surface area (Å²) < 4.78 is 5.26. The van der Waals surface area contributed by atoms with Gasteiger partial charge in [-0.1, -0.05) is 13.8 Å². The third-order valence-corrected chi connectivity index (χ3v) is 2.80. The van der Waals surface area contributed by atoms with Crippen LogP contribution in [0.4, 0.5) is 0 Å². The van der Waals surface area contributed by atoms with Crippen LogP contribution < -0.4 is 10.6 Å². The van der Waals surface area contributed by atoms with Crippen molar-refractivity contribution in [1.29, 1.82) is 0 Å². The topological polar surface area (TPSA) is 48.9 Å². The zero-order valence-electron chi connectivity index (χ0n) is 12.9. The van der Waals surface area contributed by atoms with E-state index >= 15 is 0 Å². The first-order valence-corrected chi connectivity index (χ1v) is 7.03. The summed E-state index contributed by atoms with van der Waals surface area (Å²) in [5.74, 6) is 0.856. The van der Waals surface area contributed by atoms with Crippen molar-refractivity contribution in [3.8, 4) is 0 Å². The van der Waals surface area contributed by atoms with Gasteiger partial charge in [0.05, 0.1) is 6.61 Å². The van der Waals surface area contributed by atoms with Crippen LogP contribution in [0.1, 0.15) is 27.2 Å². The summed E-state index contributed by atoms with van der Waals surface area (Å²) in [4.78, 5) is 6.59. The summed E-state index contributed by atoms with van der Waals surface area (Å²) >= 11 is 0. The molecule has 0 bridgehead atoms. The standard InChI is InChI=1S/C13H30N4O.HI/c1-5-17(6-2)11-8-9-15-13(14-4)16-10-12-18-7-3;/h5-12H2,1-4H3,(H2,14,15,16);1H. The molecule has 0 atom stereocenters. The van der Waals surface area contributed by atoms with E-state index in [-0.39, 0.29) is 24.0 Å². The highest BCUT2D eigenvalue weighted by Gasteiger charge is 1.99. The Kier molecular flexibility index (Phi) is 17.8. The number of halogens is 1. The Balaban J connectivity index is 0. The Hall–Kier alpha value is -0.0800. The molecule has 2 N–H and O–H groups in total. The molecule has 5 nitrogen and oxygen atoms in total. The molecule has 0 amide bonds. The zero-order valence-corrected chi connectivity index (χ0v) is 15.2. The van der Waals surface area contributed by atoms with Crippen molar-refractivity contribution in [2.45, 2.75) is 27.2 Å². The van der Waals surface area contributed by atoms with Crippen molar-refractivity contribution < 1.29 is 4.74 Å². The molecular weight excluding hydrogens is 355 g/mol. The maximum absolute atomic E-state index is 5.26. The van der Waals surface area contributed by atoms with Crippen molar-refractivity contribution in [2.24, 2.45) is 4.99 Å². The van der Waals surface area contributed by atoms with Gasteiger partial charge in [0, 0.05) is 26.7 Å². The van der Waals surface area contributed by atoms with Gasteiger partial charge in [0.15, 0.2) is 5.96 Å². The maximum Gasteiger partial charge on any atom is 0.191 e. The van der Waals surface area contributed by atoms with E-state index in [4.69, 9.17) is 4.74 Å². The number of nitrogens with one attached hydrogen (secondary N) is 2. The van der Waals surface area contributed by atoms with Crippen molar-refractivity contribution >= 4 is 29.9 Å². The SMILES string of the molecule is CCOCCNC(=NC)NCCCN(CC)CC.I. The van der Waals surface area contributed by atoms with Crippen LogP contribution >= 0.6 is 24.0 Å². The molecule has 0 radical (unpaired) electrons. The first-order valence-electron chi connectivity index (χ1n) is 7.03. The lowest BCUT2D eigenvalue weighted by atomic mass is 10.3. The van der Waals surface area contributed by atoms with Crippen LogP contribution in [0.15, 0.2) is 4.99 Å². The van der Waals surface area contributed by atoms with Crippen LogP contribution in [0.25, 0.3) is 0 Å². The Morgan fingerprint density at radius 2 is 1.74 bits per heavy atom. The smallest absolute Gasteiger partial charge is 0.191 e. The molecule has 0 fully saturated rings. The molecule has 0 aromatic heterocycles. The molecule has 0 heterocycles. The van der Waals surface area contributed by atoms with Gasteiger partial charge in [-0.15, -0.1) is 24.0 Å². The van der Waals surface area contributed by atoms with Gasteiger partial charge in [0.2, 0.25) is 0 Å². The van der Waals surface area contributed by atoms with E-state index in [1.807, 2.05) is 6.92 Å². The summed E-state index contributed by atoms with van der Waals surface area (Å²) in [6.07, 6.45) is 1.13. The molecule has 0 saturated heterocycles. The Morgan fingerprint density at radius 1 is 1.11 bits per heavy atom. The number of hydrogen-bond donors (Lipinski definition) is 2. The lowest BCUT2D eigenvalue weighted by Crippen LogP contribution is -2.40. The summed E-state index contributed by atoms with van der Waals surface area (Å²) in [7, 11) is 1.79. The van der Waals surface area contributed by atoms with E-state index in [0.29, 0.717) is 0 Å². The van der Waals surface area contributed by atoms with E-state index in [9.17, 15) is 0 Å². The molecule has 0 aliphatic heterocycles. The predicted octanol–water partition coefficient (Wildman–Crippen LogP) is 1.54. The maximum atomic E-state index is 5.26. The normalized spacial score (nSPS) is 11.3. The molecule has 19 heavy (non-hydrogen) atoms. The molecule has 0 rings (SSSR count). The molecule has 0 aliphatic rings. The van der Waals surface area contributed by atoms with Gasteiger partial charge in [-0.3, -0.25) is 4.99 Å². The summed E-state index contributed by atoms with van der Waals surface area (Å²) in [5.41, 5.74) is 0. The molecule has 0 saturated carbocycles. The molecule has 0 aromatic rings. The van der Waals surface area contributed by atoms with E-state index in [1.165, 1.54) is 0 Å². The van der Waals surface area contributed by atoms with E-state index in [0.717, 1.165) is 58.3 Å². The Labute approximate surface area is 135 Å². The molecule has 0 spiro atoms. The van der Waals surface area contributed by atoms with Gasteiger partial charge in [-0.2, -0.15) is 0 Å². The van der Waals surface area contributed by atoms with Gasteiger partial charge in [0.1, 0.15) is 0 Å². The molecule has 116 valence electrons. The average molecular weight is 386 g/mol. The molecular formula is C13H31IN4O. The minimum absolute atomic E-state index is 0. The zero-order chi connectivity index (χ0) is 13.6. The highest BCUT2D eigenvalue weighted by Crippen LogP contribution is 1.89. The van der Waals surface area contributed by atoms with Crippen molar-refractivity contribution in [3.63, 3.8) is 0 Å². The molecule has 0 aromatic carbocycles. The third kappa shape index (κ3) is 12.7. The fraction of sp³-hybridized carbons (Fsp3) is 0.923. The van der Waals surface area contributed by atoms with E-state index < -0.39 is 0 Å². The van der Waals surface area contributed by atoms with Crippen LogP contribution in [0.3, 0.4) is 0 Å². The highest BCUT2D eigenvalue weighted by atomic mass is 127. The molecule has 0 aliphatic carbocycles. The third-order valence-electron chi connectivity index (χ3n) is 2.80. The predicted molar refractivity (Wildman–Crippen MR) is 93.7 cm³/mol. The quantitative estimate of drug-likeness (QED) is 0.259. The number of guanidine groups is 1. The first kappa shape index (κ1) is 21.2. The number of hydrogen-bond acceptors (Lipinski definition) is 3. The second-order valence-corrected chi connectivity index (χ2v) is 4.00. The number of ether oxygens (including phenoxy) is 1. The van der Waals surface area contributed by atoms with Crippen molar-refractivity contribution in [3.05, 3.63) is 0 Å². The molecule has 6 heteroatoms. The largest absolute Gasteiger partial charge is 0.380 e. The van der Waals surface area contributed by atoms with E-state index in [1.54, 1.807) is 7.05 Å². The van der Waals surface area contributed by atoms with Gasteiger partial charge < -0.3 is 20.3 Å². The van der Waals surface area contributed by atoms with Crippen molar-refractivity contribution in [1.82, 2.24) is 15.5 Å². The first-order chi connectivity index (χ1) is 8.78.